The maximum Gasteiger partial charge on any atom is 0.387 e. The lowest BCUT2D eigenvalue weighted by atomic mass is 9.87. The summed E-state index contributed by atoms with van der Waals surface area (Å²) < 4.78 is 46.4. The largest absolute Gasteiger partial charge is 0.432 e. The standard InChI is InChI=1S/C38H43F2N9O4S/c1-38(2,47-16-10-26(11-17-47)27-7-8-31-32(22-27)46(3)45-34(31)49-20-14-33(50)44-37(49)51)15-9-25-5-4-6-30(21-25)54(52)48-18-12-28(13-19-48)43-36-41-23-29(24-42-36)53-35(39)40/h4-8,21-24,26,28,35H,10-14,16-20H2,1-3H3,(H,41,42,43)(H,44,50,51). The highest BCUT2D eigenvalue weighted by molar-refractivity contribution is 7.82. The Bertz CT molecular complexity index is 2100. The van der Waals surface area contributed by atoms with Crippen molar-refractivity contribution in [1.29, 1.82) is 0 Å². The van der Waals surface area contributed by atoms with E-state index in [1.807, 2.05) is 41.7 Å². The van der Waals surface area contributed by atoms with E-state index in [1.54, 1.807) is 4.68 Å². The van der Waals surface area contributed by atoms with E-state index in [1.165, 1.54) is 22.9 Å². The number of carbonyl (C=O) groups excluding carboxylic acids is 2. The van der Waals surface area contributed by atoms with Crippen molar-refractivity contribution in [3.05, 3.63) is 66.0 Å². The van der Waals surface area contributed by atoms with E-state index in [9.17, 15) is 22.6 Å². The van der Waals surface area contributed by atoms with E-state index in [2.05, 4.69) is 73.2 Å². The molecule has 2 aromatic heterocycles. The van der Waals surface area contributed by atoms with Gasteiger partial charge in [0.1, 0.15) is 11.0 Å². The Labute approximate surface area is 315 Å². The molecule has 1 unspecified atom stereocenters. The van der Waals surface area contributed by atoms with E-state index in [0.29, 0.717) is 42.2 Å². The van der Waals surface area contributed by atoms with Gasteiger partial charge < -0.3 is 10.1 Å². The van der Waals surface area contributed by atoms with Gasteiger partial charge in [-0.2, -0.15) is 13.9 Å². The SMILES string of the molecule is Cn1nc(N2CCC(=O)NC2=O)c2ccc(C3CCN(C(C)(C)C#Cc4cccc(S(=O)N5CCC(Nc6ncc(OC(F)F)cn6)CC5)c4)CC3)cc21. The minimum atomic E-state index is -2.93. The van der Waals surface area contributed by atoms with Gasteiger partial charge in [0, 0.05) is 63.2 Å². The summed E-state index contributed by atoms with van der Waals surface area (Å²) in [5.74, 6) is 7.75. The molecule has 0 aliphatic carbocycles. The average molecular weight is 760 g/mol. The number of alkyl halides is 2. The number of amides is 3. The van der Waals surface area contributed by atoms with Gasteiger partial charge >= 0.3 is 12.6 Å². The Kier molecular flexibility index (Phi) is 10.9. The fourth-order valence-electron chi connectivity index (χ4n) is 7.29. The molecule has 5 heterocycles. The number of hydrogen-bond acceptors (Lipinski definition) is 9. The lowest BCUT2D eigenvalue weighted by molar-refractivity contribution is -0.120. The lowest BCUT2D eigenvalue weighted by Gasteiger charge is -2.40. The quantitative estimate of drug-likeness (QED) is 0.226. The van der Waals surface area contributed by atoms with Crippen LogP contribution in [0.15, 0.2) is 59.8 Å². The highest BCUT2D eigenvalue weighted by atomic mass is 32.2. The minimum absolute atomic E-state index is 0.0627. The molecule has 7 rings (SSSR count). The summed E-state index contributed by atoms with van der Waals surface area (Å²) in [5.41, 5.74) is 2.64. The molecule has 0 bridgehead atoms. The molecule has 284 valence electrons. The van der Waals surface area contributed by atoms with Crippen molar-refractivity contribution in [3.8, 4) is 17.6 Å². The minimum Gasteiger partial charge on any atom is -0.432 e. The molecule has 3 amide bonds. The van der Waals surface area contributed by atoms with Crippen LogP contribution < -0.4 is 20.3 Å². The van der Waals surface area contributed by atoms with E-state index in [0.717, 1.165) is 55.2 Å². The second-order valence-corrected chi connectivity index (χ2v) is 15.8. The number of anilines is 2. The first-order valence-electron chi connectivity index (χ1n) is 18.1. The monoisotopic (exact) mass is 759 g/mol. The molecule has 3 aliphatic rings. The molecule has 3 aliphatic heterocycles. The fourth-order valence-corrected chi connectivity index (χ4v) is 8.55. The van der Waals surface area contributed by atoms with Crippen LogP contribution in [-0.2, 0) is 22.8 Å². The number of nitrogens with one attached hydrogen (secondary N) is 2. The third-order valence-corrected chi connectivity index (χ3v) is 11.8. The number of hydrogen-bond donors (Lipinski definition) is 2. The number of fused-ring (bicyclic) bond motifs is 1. The Morgan fingerprint density at radius 1 is 1.00 bits per heavy atom. The molecular weight excluding hydrogens is 717 g/mol. The summed E-state index contributed by atoms with van der Waals surface area (Å²) in [4.78, 5) is 36.9. The van der Waals surface area contributed by atoms with Crippen molar-refractivity contribution in [1.82, 2.24) is 34.3 Å². The van der Waals surface area contributed by atoms with Gasteiger partial charge in [0.05, 0.1) is 28.3 Å². The Morgan fingerprint density at radius 3 is 2.44 bits per heavy atom. The van der Waals surface area contributed by atoms with Gasteiger partial charge in [0.25, 0.3) is 0 Å². The number of halogens is 2. The summed E-state index contributed by atoms with van der Waals surface area (Å²) in [6.07, 6.45) is 6.06. The summed E-state index contributed by atoms with van der Waals surface area (Å²) in [6.45, 7) is 4.66. The van der Waals surface area contributed by atoms with Crippen LogP contribution in [0.25, 0.3) is 10.9 Å². The van der Waals surface area contributed by atoms with Crippen molar-refractivity contribution in [3.63, 3.8) is 0 Å². The van der Waals surface area contributed by atoms with Crippen molar-refractivity contribution in [2.24, 2.45) is 7.05 Å². The normalized spacial score (nSPS) is 18.7. The van der Waals surface area contributed by atoms with Gasteiger partial charge in [-0.25, -0.2) is 23.3 Å². The lowest BCUT2D eigenvalue weighted by Crippen LogP contribution is -2.49. The van der Waals surface area contributed by atoms with Gasteiger partial charge in [0.15, 0.2) is 11.6 Å². The molecule has 2 aromatic carbocycles. The second-order valence-electron chi connectivity index (χ2n) is 14.3. The molecule has 0 spiro atoms. The molecule has 13 nitrogen and oxygen atoms in total. The Hall–Kier alpha value is -4.98. The Balaban J connectivity index is 0.924. The summed E-state index contributed by atoms with van der Waals surface area (Å²) >= 11 is 0. The number of imide groups is 1. The van der Waals surface area contributed by atoms with Gasteiger partial charge in [-0.05, 0) is 81.3 Å². The third kappa shape index (κ3) is 8.38. The van der Waals surface area contributed by atoms with Crippen LogP contribution in [0.1, 0.15) is 63.0 Å². The van der Waals surface area contributed by atoms with E-state index < -0.39 is 23.6 Å². The number of ether oxygens (including phenoxy) is 1. The molecule has 16 heteroatoms. The first-order valence-corrected chi connectivity index (χ1v) is 19.2. The molecule has 0 saturated carbocycles. The van der Waals surface area contributed by atoms with E-state index in [-0.39, 0.29) is 29.7 Å². The number of aryl methyl sites for hydroxylation is 1. The van der Waals surface area contributed by atoms with Crippen molar-refractivity contribution >= 4 is 45.6 Å². The maximum absolute atomic E-state index is 13.6. The molecule has 1 atom stereocenters. The van der Waals surface area contributed by atoms with Crippen molar-refractivity contribution in [2.45, 2.75) is 75.0 Å². The number of urea groups is 1. The van der Waals surface area contributed by atoms with Crippen molar-refractivity contribution < 1.29 is 27.3 Å². The first kappa shape index (κ1) is 37.3. The van der Waals surface area contributed by atoms with Gasteiger partial charge in [-0.1, -0.05) is 24.0 Å². The van der Waals surface area contributed by atoms with Crippen molar-refractivity contribution in [2.75, 3.05) is 42.9 Å². The summed E-state index contributed by atoms with van der Waals surface area (Å²) in [5, 5.41) is 11.1. The summed E-state index contributed by atoms with van der Waals surface area (Å²) in [7, 11) is 0.532. The van der Waals surface area contributed by atoms with Crippen LogP contribution in [-0.4, -0.2) is 96.0 Å². The van der Waals surface area contributed by atoms with Crippen LogP contribution in [0.2, 0.25) is 0 Å². The van der Waals surface area contributed by atoms with Crippen LogP contribution in [0.4, 0.5) is 25.3 Å². The molecular formula is C38H43F2N9O4S. The Morgan fingerprint density at radius 2 is 1.74 bits per heavy atom. The predicted octanol–water partition coefficient (Wildman–Crippen LogP) is 5.02. The highest BCUT2D eigenvalue weighted by Crippen LogP contribution is 2.35. The second kappa shape index (κ2) is 15.8. The maximum atomic E-state index is 13.6. The molecule has 0 radical (unpaired) electrons. The van der Waals surface area contributed by atoms with Crippen LogP contribution in [0.5, 0.6) is 5.75 Å². The van der Waals surface area contributed by atoms with Crippen LogP contribution >= 0.6 is 0 Å². The van der Waals surface area contributed by atoms with E-state index >= 15 is 0 Å². The molecule has 3 saturated heterocycles. The number of aromatic nitrogens is 4. The predicted molar refractivity (Wildman–Crippen MR) is 200 cm³/mol. The van der Waals surface area contributed by atoms with Gasteiger partial charge in [-0.3, -0.25) is 24.6 Å². The first-order chi connectivity index (χ1) is 25.9. The topological polar surface area (TPSA) is 138 Å². The summed E-state index contributed by atoms with van der Waals surface area (Å²) in [6, 6.07) is 13.6. The zero-order valence-corrected chi connectivity index (χ0v) is 31.2. The van der Waals surface area contributed by atoms with Gasteiger partial charge in [-0.15, -0.1) is 0 Å². The highest BCUT2D eigenvalue weighted by Gasteiger charge is 2.32. The number of piperidine rings is 2. The molecule has 4 aromatic rings. The molecule has 2 N–H and O–H groups in total. The number of carbonyl (C=O) groups is 2. The zero-order valence-electron chi connectivity index (χ0n) is 30.4. The van der Waals surface area contributed by atoms with Gasteiger partial charge in [0.2, 0.25) is 11.9 Å². The molecule has 54 heavy (non-hydrogen) atoms. The van der Waals surface area contributed by atoms with Crippen LogP contribution in [0.3, 0.4) is 0 Å². The molecule has 3 fully saturated rings. The smallest absolute Gasteiger partial charge is 0.387 e. The zero-order chi connectivity index (χ0) is 38.0. The van der Waals surface area contributed by atoms with E-state index in [4.69, 9.17) is 0 Å². The number of nitrogens with zero attached hydrogens (tertiary/aromatic N) is 7. The average Bonchev–Trinajstić information content (AvgIpc) is 3.49. The number of rotatable bonds is 9. The number of benzene rings is 2. The van der Waals surface area contributed by atoms with Crippen LogP contribution in [0, 0.1) is 11.8 Å². The number of likely N-dealkylation sites (tertiary alicyclic amines) is 1. The third-order valence-electron chi connectivity index (χ3n) is 10.3. The fraction of sp³-hybridized carbons (Fsp3) is 0.447.